The molecule has 3 heterocycles. The largest absolute Gasteiger partial charge is 0.353 e. The van der Waals surface area contributed by atoms with Crippen molar-refractivity contribution in [2.75, 3.05) is 31.1 Å². The fraction of sp³-hybridized carbons (Fsp3) is 0.562. The average molecular weight is 298 g/mol. The Hall–Kier alpha value is -1.95. The molecule has 4 rings (SSSR count). The SMILES string of the molecule is c1cnn(-c2cncc(N3CCN(C4CCCC4)CC3)n2)c1. The van der Waals surface area contributed by atoms with Gasteiger partial charge in [-0.2, -0.15) is 5.10 Å². The van der Waals surface area contributed by atoms with E-state index in [0.29, 0.717) is 0 Å². The van der Waals surface area contributed by atoms with Crippen LogP contribution in [0.2, 0.25) is 0 Å². The molecule has 0 bridgehead atoms. The van der Waals surface area contributed by atoms with Crippen LogP contribution in [0.1, 0.15) is 25.7 Å². The van der Waals surface area contributed by atoms with Crippen molar-refractivity contribution in [2.45, 2.75) is 31.7 Å². The summed E-state index contributed by atoms with van der Waals surface area (Å²) in [6.45, 7) is 4.35. The lowest BCUT2D eigenvalue weighted by atomic mass is 10.2. The van der Waals surface area contributed by atoms with Crippen LogP contribution < -0.4 is 4.90 Å². The monoisotopic (exact) mass is 298 g/mol. The minimum Gasteiger partial charge on any atom is -0.353 e. The van der Waals surface area contributed by atoms with Crippen molar-refractivity contribution in [1.82, 2.24) is 24.6 Å². The summed E-state index contributed by atoms with van der Waals surface area (Å²) in [4.78, 5) is 14.0. The highest BCUT2D eigenvalue weighted by Crippen LogP contribution is 2.25. The number of aromatic nitrogens is 4. The molecule has 1 aliphatic carbocycles. The zero-order chi connectivity index (χ0) is 14.8. The maximum atomic E-state index is 4.71. The van der Waals surface area contributed by atoms with Gasteiger partial charge in [0.25, 0.3) is 0 Å². The first-order valence-corrected chi connectivity index (χ1v) is 8.21. The summed E-state index contributed by atoms with van der Waals surface area (Å²) < 4.78 is 1.76. The van der Waals surface area contributed by atoms with Crippen LogP contribution in [0, 0.1) is 0 Å². The fourth-order valence-electron chi connectivity index (χ4n) is 3.60. The maximum absolute atomic E-state index is 4.71. The van der Waals surface area contributed by atoms with E-state index in [4.69, 9.17) is 4.98 Å². The third-order valence-corrected chi connectivity index (χ3v) is 4.83. The summed E-state index contributed by atoms with van der Waals surface area (Å²) in [5.74, 6) is 1.74. The molecule has 0 unspecified atom stereocenters. The van der Waals surface area contributed by atoms with Gasteiger partial charge < -0.3 is 4.90 Å². The number of hydrogen-bond donors (Lipinski definition) is 0. The van der Waals surface area contributed by atoms with E-state index in [1.165, 1.54) is 25.7 Å². The van der Waals surface area contributed by atoms with Crippen molar-refractivity contribution >= 4 is 5.82 Å². The molecule has 0 spiro atoms. The van der Waals surface area contributed by atoms with Crippen LogP contribution >= 0.6 is 0 Å². The Bertz CT molecular complexity index is 597. The molecule has 0 aromatic carbocycles. The third-order valence-electron chi connectivity index (χ3n) is 4.83. The van der Waals surface area contributed by atoms with E-state index in [2.05, 4.69) is 19.9 Å². The number of hydrogen-bond acceptors (Lipinski definition) is 5. The number of rotatable bonds is 3. The predicted octanol–water partition coefficient (Wildman–Crippen LogP) is 1.73. The molecule has 2 aromatic heterocycles. The first-order valence-electron chi connectivity index (χ1n) is 8.21. The molecule has 1 aliphatic heterocycles. The number of anilines is 1. The first kappa shape index (κ1) is 13.7. The molecule has 0 amide bonds. The van der Waals surface area contributed by atoms with Gasteiger partial charge in [-0.25, -0.2) is 9.67 Å². The lowest BCUT2D eigenvalue weighted by molar-refractivity contribution is 0.187. The van der Waals surface area contributed by atoms with E-state index in [1.807, 2.05) is 18.5 Å². The van der Waals surface area contributed by atoms with Gasteiger partial charge in [-0.3, -0.25) is 9.88 Å². The van der Waals surface area contributed by atoms with Crippen LogP contribution in [-0.2, 0) is 0 Å². The minimum atomic E-state index is 0.778. The lowest BCUT2D eigenvalue weighted by Crippen LogP contribution is -2.50. The van der Waals surface area contributed by atoms with E-state index in [1.54, 1.807) is 17.1 Å². The van der Waals surface area contributed by atoms with Crippen molar-refractivity contribution in [3.8, 4) is 5.82 Å². The molecule has 22 heavy (non-hydrogen) atoms. The van der Waals surface area contributed by atoms with Crippen molar-refractivity contribution in [1.29, 1.82) is 0 Å². The van der Waals surface area contributed by atoms with Gasteiger partial charge in [-0.1, -0.05) is 12.8 Å². The molecule has 0 radical (unpaired) electrons. The van der Waals surface area contributed by atoms with Gasteiger partial charge in [-0.05, 0) is 18.9 Å². The molecule has 6 nitrogen and oxygen atoms in total. The molecule has 0 N–H and O–H groups in total. The highest BCUT2D eigenvalue weighted by molar-refractivity contribution is 5.39. The van der Waals surface area contributed by atoms with Crippen molar-refractivity contribution < 1.29 is 0 Å². The number of nitrogens with zero attached hydrogens (tertiary/aromatic N) is 6. The molecule has 2 fully saturated rings. The quantitative estimate of drug-likeness (QED) is 0.863. The fourth-order valence-corrected chi connectivity index (χ4v) is 3.60. The first-order chi connectivity index (χ1) is 10.9. The van der Waals surface area contributed by atoms with Gasteiger partial charge in [0.15, 0.2) is 5.82 Å². The predicted molar refractivity (Wildman–Crippen MR) is 85.2 cm³/mol. The second-order valence-corrected chi connectivity index (χ2v) is 6.15. The highest BCUT2D eigenvalue weighted by Gasteiger charge is 2.26. The van der Waals surface area contributed by atoms with Crippen molar-refractivity contribution in [3.05, 3.63) is 30.9 Å². The molecular weight excluding hydrogens is 276 g/mol. The lowest BCUT2D eigenvalue weighted by Gasteiger charge is -2.38. The van der Waals surface area contributed by atoms with Gasteiger partial charge in [0.2, 0.25) is 0 Å². The molecule has 2 aromatic rings. The zero-order valence-electron chi connectivity index (χ0n) is 12.8. The van der Waals surface area contributed by atoms with Crippen LogP contribution in [-0.4, -0.2) is 56.9 Å². The molecule has 6 heteroatoms. The molecule has 1 saturated carbocycles. The summed E-state index contributed by atoms with van der Waals surface area (Å²) >= 11 is 0. The molecule has 1 saturated heterocycles. The molecular formula is C16H22N6. The zero-order valence-corrected chi connectivity index (χ0v) is 12.8. The molecule has 116 valence electrons. The van der Waals surface area contributed by atoms with E-state index >= 15 is 0 Å². The van der Waals surface area contributed by atoms with Gasteiger partial charge in [0, 0.05) is 44.6 Å². The smallest absolute Gasteiger partial charge is 0.173 e. The number of piperazine rings is 1. The Kier molecular flexibility index (Phi) is 3.76. The Morgan fingerprint density at radius 3 is 2.45 bits per heavy atom. The van der Waals surface area contributed by atoms with Crippen LogP contribution in [0.15, 0.2) is 30.9 Å². The average Bonchev–Trinajstić information content (AvgIpc) is 3.29. The van der Waals surface area contributed by atoms with Gasteiger partial charge in [-0.15, -0.1) is 0 Å². The summed E-state index contributed by atoms with van der Waals surface area (Å²) in [7, 11) is 0. The van der Waals surface area contributed by atoms with Gasteiger partial charge in [0.05, 0.1) is 12.4 Å². The van der Waals surface area contributed by atoms with Crippen molar-refractivity contribution in [2.24, 2.45) is 0 Å². The second kappa shape index (κ2) is 6.04. The highest BCUT2D eigenvalue weighted by atomic mass is 15.3. The second-order valence-electron chi connectivity index (χ2n) is 6.15. The van der Waals surface area contributed by atoms with Crippen LogP contribution in [0.3, 0.4) is 0 Å². The molecule has 2 aliphatic rings. The Balaban J connectivity index is 1.44. The van der Waals surface area contributed by atoms with Crippen LogP contribution in [0.5, 0.6) is 0 Å². The van der Waals surface area contributed by atoms with E-state index in [0.717, 1.165) is 43.9 Å². The summed E-state index contributed by atoms with van der Waals surface area (Å²) in [6, 6.07) is 2.72. The third kappa shape index (κ3) is 2.70. The summed E-state index contributed by atoms with van der Waals surface area (Å²) in [5, 5.41) is 4.22. The normalized spacial score (nSPS) is 20.6. The molecule has 0 atom stereocenters. The standard InChI is InChI=1S/C16H22N6/c1-2-5-14(4-1)20-8-10-21(11-9-20)15-12-17-13-16(19-15)22-7-3-6-18-22/h3,6-7,12-14H,1-2,4-5,8-11H2. The minimum absolute atomic E-state index is 0.778. The topological polar surface area (TPSA) is 50.1 Å². The summed E-state index contributed by atoms with van der Waals surface area (Å²) in [5.41, 5.74) is 0. The van der Waals surface area contributed by atoms with Crippen LogP contribution in [0.4, 0.5) is 5.82 Å². The summed E-state index contributed by atoms with van der Waals surface area (Å²) in [6.07, 6.45) is 12.8. The Morgan fingerprint density at radius 1 is 0.955 bits per heavy atom. The van der Waals surface area contributed by atoms with Crippen LogP contribution in [0.25, 0.3) is 5.82 Å². The van der Waals surface area contributed by atoms with Crippen molar-refractivity contribution in [3.63, 3.8) is 0 Å². The van der Waals surface area contributed by atoms with Gasteiger partial charge in [0.1, 0.15) is 5.82 Å². The maximum Gasteiger partial charge on any atom is 0.173 e. The van der Waals surface area contributed by atoms with E-state index < -0.39 is 0 Å². The Morgan fingerprint density at radius 2 is 1.73 bits per heavy atom. The van der Waals surface area contributed by atoms with E-state index in [-0.39, 0.29) is 0 Å². The van der Waals surface area contributed by atoms with E-state index in [9.17, 15) is 0 Å². The van der Waals surface area contributed by atoms with Gasteiger partial charge >= 0.3 is 0 Å². The Labute approximate surface area is 130 Å².